The summed E-state index contributed by atoms with van der Waals surface area (Å²) in [5.74, 6) is -8.38. The Hall–Kier alpha value is -3.88. The third kappa shape index (κ3) is 3.61. The van der Waals surface area contributed by atoms with Gasteiger partial charge in [0.15, 0.2) is 0 Å². The van der Waals surface area contributed by atoms with Gasteiger partial charge in [-0.25, -0.2) is 19.2 Å². The molecule has 0 amide bonds. The van der Waals surface area contributed by atoms with E-state index in [1.807, 2.05) is 5.32 Å². The fourth-order valence-electron chi connectivity index (χ4n) is 2.50. The van der Waals surface area contributed by atoms with Crippen molar-refractivity contribution >= 4 is 30.0 Å². The number of dihydropyridines is 1. The van der Waals surface area contributed by atoms with E-state index < -0.39 is 52.3 Å². The lowest BCUT2D eigenvalue weighted by Crippen LogP contribution is -2.38. The molecule has 1 aliphatic rings. The van der Waals surface area contributed by atoms with Gasteiger partial charge >= 0.3 is 23.9 Å². The van der Waals surface area contributed by atoms with Crippen LogP contribution >= 0.6 is 0 Å². The minimum atomic E-state index is -1.72. The molecule has 26 heavy (non-hydrogen) atoms. The Morgan fingerprint density at radius 3 is 1.62 bits per heavy atom. The fraction of sp³-hybridized carbons (Fsp3) is 0.0588. The summed E-state index contributed by atoms with van der Waals surface area (Å²) in [7, 11) is 0. The number of rotatable bonds is 6. The maximum Gasteiger partial charge on any atom is 0.352 e. The average Bonchev–Trinajstić information content (AvgIpc) is 2.58. The van der Waals surface area contributed by atoms with Crippen molar-refractivity contribution in [2.24, 2.45) is 5.92 Å². The number of allylic oxidation sites excluding steroid dienone is 1. The highest BCUT2D eigenvalue weighted by Crippen LogP contribution is 2.32. The van der Waals surface area contributed by atoms with Crippen LogP contribution in [-0.4, -0.2) is 44.3 Å². The van der Waals surface area contributed by atoms with Crippen molar-refractivity contribution in [2.75, 3.05) is 0 Å². The van der Waals surface area contributed by atoms with Gasteiger partial charge in [-0.3, -0.25) is 0 Å². The van der Waals surface area contributed by atoms with Gasteiger partial charge in [0.25, 0.3) is 0 Å². The van der Waals surface area contributed by atoms with Crippen LogP contribution in [0.4, 0.5) is 0 Å². The van der Waals surface area contributed by atoms with Crippen molar-refractivity contribution in [2.45, 2.75) is 0 Å². The number of carboxylic acid groups (broad SMARTS) is 4. The van der Waals surface area contributed by atoms with E-state index in [-0.39, 0.29) is 0 Å². The molecule has 0 saturated heterocycles. The van der Waals surface area contributed by atoms with Gasteiger partial charge in [-0.15, -0.1) is 0 Å². The summed E-state index contributed by atoms with van der Waals surface area (Å²) in [6, 6.07) is 8.42. The molecule has 9 heteroatoms. The fourth-order valence-corrected chi connectivity index (χ4v) is 2.50. The van der Waals surface area contributed by atoms with Gasteiger partial charge in [-0.05, 0) is 5.56 Å². The molecule has 0 spiro atoms. The van der Waals surface area contributed by atoms with Gasteiger partial charge < -0.3 is 25.7 Å². The number of nitrogens with one attached hydrogen (secondary N) is 1. The molecular weight excluding hydrogens is 346 g/mol. The predicted molar refractivity (Wildman–Crippen MR) is 86.7 cm³/mol. The second-order valence-electron chi connectivity index (χ2n) is 5.17. The summed E-state index contributed by atoms with van der Waals surface area (Å²) in [6.07, 6.45) is 2.54. The van der Waals surface area contributed by atoms with Crippen LogP contribution in [0.3, 0.4) is 0 Å². The van der Waals surface area contributed by atoms with Crippen LogP contribution in [0.25, 0.3) is 6.08 Å². The zero-order valence-corrected chi connectivity index (χ0v) is 13.0. The quantitative estimate of drug-likeness (QED) is 0.494. The zero-order valence-electron chi connectivity index (χ0n) is 13.0. The summed E-state index contributed by atoms with van der Waals surface area (Å²) >= 11 is 0. The van der Waals surface area contributed by atoms with Crippen LogP contribution in [0.1, 0.15) is 5.56 Å². The van der Waals surface area contributed by atoms with Crippen molar-refractivity contribution in [3.8, 4) is 0 Å². The molecule has 134 valence electrons. The molecule has 0 aromatic heterocycles. The Morgan fingerprint density at radius 1 is 0.769 bits per heavy atom. The SMILES string of the molecule is O=C(O)C1=C(C(=O)O)C(/C=C/c2ccccc2)C(C(=O)O)=C(C(=O)O)N1. The summed E-state index contributed by atoms with van der Waals surface area (Å²) in [6.45, 7) is 0. The van der Waals surface area contributed by atoms with Crippen molar-refractivity contribution in [1.29, 1.82) is 0 Å². The monoisotopic (exact) mass is 359 g/mol. The van der Waals surface area contributed by atoms with E-state index >= 15 is 0 Å². The highest BCUT2D eigenvalue weighted by atomic mass is 16.4. The minimum absolute atomic E-state index is 0.592. The molecule has 0 atom stereocenters. The third-order valence-electron chi connectivity index (χ3n) is 3.58. The molecule has 1 aromatic carbocycles. The second-order valence-corrected chi connectivity index (χ2v) is 5.17. The predicted octanol–water partition coefficient (Wildman–Crippen LogP) is 0.766. The molecule has 0 unspecified atom stereocenters. The Kier molecular flexibility index (Phi) is 5.21. The lowest BCUT2D eigenvalue weighted by Gasteiger charge is -2.25. The van der Waals surface area contributed by atoms with Gasteiger partial charge in [-0.2, -0.15) is 0 Å². The number of benzene rings is 1. The van der Waals surface area contributed by atoms with Gasteiger partial charge in [0.1, 0.15) is 11.4 Å². The highest BCUT2D eigenvalue weighted by molar-refractivity contribution is 6.08. The molecule has 0 radical (unpaired) electrons. The van der Waals surface area contributed by atoms with Crippen LogP contribution in [0.5, 0.6) is 0 Å². The second kappa shape index (κ2) is 7.34. The lowest BCUT2D eigenvalue weighted by atomic mass is 9.84. The molecule has 1 aliphatic heterocycles. The van der Waals surface area contributed by atoms with E-state index in [9.17, 15) is 39.6 Å². The Morgan fingerprint density at radius 2 is 1.23 bits per heavy atom. The first kappa shape index (κ1) is 18.5. The van der Waals surface area contributed by atoms with Crippen LogP contribution < -0.4 is 5.32 Å². The van der Waals surface area contributed by atoms with Gasteiger partial charge in [0, 0.05) is 5.92 Å². The Balaban J connectivity index is 2.70. The Bertz CT molecular complexity index is 831. The number of hydrogen-bond acceptors (Lipinski definition) is 5. The smallest absolute Gasteiger partial charge is 0.352 e. The van der Waals surface area contributed by atoms with Crippen LogP contribution in [0.2, 0.25) is 0 Å². The van der Waals surface area contributed by atoms with Crippen molar-refractivity contribution in [3.63, 3.8) is 0 Å². The van der Waals surface area contributed by atoms with E-state index in [2.05, 4.69) is 0 Å². The van der Waals surface area contributed by atoms with Gasteiger partial charge in [-0.1, -0.05) is 42.5 Å². The maximum absolute atomic E-state index is 11.6. The zero-order chi connectivity index (χ0) is 19.4. The molecule has 1 heterocycles. The van der Waals surface area contributed by atoms with Crippen molar-refractivity contribution in [3.05, 3.63) is 64.5 Å². The molecular formula is C17H13NO8. The van der Waals surface area contributed by atoms with E-state index in [4.69, 9.17) is 0 Å². The molecule has 0 bridgehead atoms. The highest BCUT2D eigenvalue weighted by Gasteiger charge is 2.40. The largest absolute Gasteiger partial charge is 0.478 e. The molecule has 1 aromatic rings. The summed E-state index contributed by atoms with van der Waals surface area (Å²) in [5.41, 5.74) is -2.75. The van der Waals surface area contributed by atoms with Crippen LogP contribution in [0, 0.1) is 5.92 Å². The van der Waals surface area contributed by atoms with Gasteiger partial charge in [0.2, 0.25) is 0 Å². The maximum atomic E-state index is 11.6. The van der Waals surface area contributed by atoms with Crippen LogP contribution in [-0.2, 0) is 19.2 Å². The molecule has 0 fully saturated rings. The molecule has 2 rings (SSSR count). The summed E-state index contributed by atoms with van der Waals surface area (Å²) in [5, 5.41) is 39.1. The van der Waals surface area contributed by atoms with E-state index in [1.54, 1.807) is 30.3 Å². The lowest BCUT2D eigenvalue weighted by molar-refractivity contribution is -0.139. The normalized spacial score (nSPS) is 15.1. The number of aliphatic carboxylic acids is 4. The number of carboxylic acids is 4. The molecule has 0 aliphatic carbocycles. The minimum Gasteiger partial charge on any atom is -0.478 e. The Labute approximate surface area is 146 Å². The first-order valence-corrected chi connectivity index (χ1v) is 7.15. The van der Waals surface area contributed by atoms with Crippen LogP contribution in [0.15, 0.2) is 58.9 Å². The van der Waals surface area contributed by atoms with E-state index in [1.165, 1.54) is 6.08 Å². The third-order valence-corrected chi connectivity index (χ3v) is 3.58. The van der Waals surface area contributed by atoms with Crippen molar-refractivity contribution in [1.82, 2.24) is 5.32 Å². The standard InChI is InChI=1S/C17H13NO8/c19-14(20)10-9(7-6-8-4-2-1-3-5-8)11(15(21)22)13(17(25)26)18-12(10)16(23)24/h1-7,9,18H,(H,19,20)(H,21,22)(H,23,24)(H,25,26)/b7-6+. The van der Waals surface area contributed by atoms with Gasteiger partial charge in [0.05, 0.1) is 11.1 Å². The first-order chi connectivity index (χ1) is 12.2. The summed E-state index contributed by atoms with van der Waals surface area (Å²) < 4.78 is 0. The number of carbonyl (C=O) groups is 4. The van der Waals surface area contributed by atoms with Crippen molar-refractivity contribution < 1.29 is 39.6 Å². The van der Waals surface area contributed by atoms with E-state index in [0.717, 1.165) is 6.08 Å². The molecule has 9 nitrogen and oxygen atoms in total. The van der Waals surface area contributed by atoms with E-state index in [0.29, 0.717) is 5.56 Å². The first-order valence-electron chi connectivity index (χ1n) is 7.15. The molecule has 5 N–H and O–H groups in total. The average molecular weight is 359 g/mol. The number of hydrogen-bond donors (Lipinski definition) is 5. The summed E-state index contributed by atoms with van der Waals surface area (Å²) in [4.78, 5) is 45.9. The topological polar surface area (TPSA) is 161 Å². The molecule has 0 saturated carbocycles.